The highest BCUT2D eigenvalue weighted by atomic mass is 32.2. The first-order valence-electron chi connectivity index (χ1n) is 9.81. The van der Waals surface area contributed by atoms with Crippen molar-refractivity contribution in [3.63, 3.8) is 0 Å². The maximum Gasteiger partial charge on any atom is 0.306 e. The van der Waals surface area contributed by atoms with Gasteiger partial charge in [-0.15, -0.1) is 11.8 Å². The molecule has 2 heterocycles. The van der Waals surface area contributed by atoms with Gasteiger partial charge in [0, 0.05) is 11.3 Å². The summed E-state index contributed by atoms with van der Waals surface area (Å²) in [6.07, 6.45) is 1.18. The lowest BCUT2D eigenvalue weighted by Gasteiger charge is -2.38. The van der Waals surface area contributed by atoms with Crippen LogP contribution in [0.25, 0.3) is 10.2 Å². The van der Waals surface area contributed by atoms with E-state index in [-0.39, 0.29) is 12.1 Å². The number of benzene rings is 2. The number of esters is 1. The molecule has 1 fully saturated rings. The van der Waals surface area contributed by atoms with Gasteiger partial charge in [-0.25, -0.2) is 4.98 Å². The SMILES string of the molecule is COc1ccc(SCCCC(=O)OC2CN(c3nc4c(OC)cccc4s3)C2)cc1. The maximum absolute atomic E-state index is 12.1. The number of hydrogen-bond donors (Lipinski definition) is 0. The summed E-state index contributed by atoms with van der Waals surface area (Å²) >= 11 is 3.37. The number of nitrogens with zero attached hydrogens (tertiary/aromatic N) is 2. The van der Waals surface area contributed by atoms with E-state index < -0.39 is 0 Å². The Balaban J connectivity index is 1.17. The summed E-state index contributed by atoms with van der Waals surface area (Å²) in [5, 5.41) is 0.942. The fourth-order valence-corrected chi connectivity index (χ4v) is 5.06. The number of ether oxygens (including phenoxy) is 3. The zero-order valence-electron chi connectivity index (χ0n) is 17.0. The number of anilines is 1. The van der Waals surface area contributed by atoms with Crippen molar-refractivity contribution in [3.05, 3.63) is 42.5 Å². The summed E-state index contributed by atoms with van der Waals surface area (Å²) in [6, 6.07) is 13.9. The van der Waals surface area contributed by atoms with E-state index in [2.05, 4.69) is 9.88 Å². The Kier molecular flexibility index (Phi) is 6.64. The van der Waals surface area contributed by atoms with Crippen LogP contribution >= 0.6 is 23.1 Å². The molecule has 1 aliphatic rings. The molecule has 158 valence electrons. The number of thioether (sulfide) groups is 1. The van der Waals surface area contributed by atoms with Crippen LogP contribution < -0.4 is 14.4 Å². The molecular formula is C22H24N2O4S2. The monoisotopic (exact) mass is 444 g/mol. The summed E-state index contributed by atoms with van der Waals surface area (Å²) in [4.78, 5) is 20.1. The number of carbonyl (C=O) groups excluding carboxylic acids is 1. The maximum atomic E-state index is 12.1. The molecule has 0 spiro atoms. The molecule has 0 bridgehead atoms. The van der Waals surface area contributed by atoms with E-state index in [0.717, 1.165) is 39.0 Å². The van der Waals surface area contributed by atoms with Gasteiger partial charge in [-0.3, -0.25) is 4.79 Å². The lowest BCUT2D eigenvalue weighted by Crippen LogP contribution is -2.53. The molecule has 4 rings (SSSR count). The molecule has 6 nitrogen and oxygen atoms in total. The predicted octanol–water partition coefficient (Wildman–Crippen LogP) is 4.62. The molecule has 2 aromatic carbocycles. The quantitative estimate of drug-likeness (QED) is 0.271. The van der Waals surface area contributed by atoms with Crippen molar-refractivity contribution in [1.29, 1.82) is 0 Å². The first-order chi connectivity index (χ1) is 14.7. The molecule has 1 aliphatic heterocycles. The van der Waals surface area contributed by atoms with E-state index in [1.165, 1.54) is 4.90 Å². The van der Waals surface area contributed by atoms with E-state index in [1.54, 1.807) is 37.3 Å². The Labute approximate surface area is 184 Å². The topological polar surface area (TPSA) is 60.9 Å². The highest BCUT2D eigenvalue weighted by Gasteiger charge is 2.32. The van der Waals surface area contributed by atoms with E-state index >= 15 is 0 Å². The second-order valence-corrected chi connectivity index (χ2v) is 9.13. The number of carbonyl (C=O) groups is 1. The average Bonchev–Trinajstić information content (AvgIpc) is 3.17. The predicted molar refractivity (Wildman–Crippen MR) is 121 cm³/mol. The lowest BCUT2D eigenvalue weighted by atomic mass is 10.2. The standard InChI is InChI=1S/C22H24N2O4S2/c1-26-15-8-10-17(11-9-15)29-12-4-7-20(25)28-16-13-24(14-16)22-23-21-18(27-2)5-3-6-19(21)30-22/h3,5-6,8-11,16H,4,7,12-14H2,1-2H3. The summed E-state index contributed by atoms with van der Waals surface area (Å²) in [6.45, 7) is 1.38. The van der Waals surface area contributed by atoms with Crippen LogP contribution in [0.1, 0.15) is 12.8 Å². The molecular weight excluding hydrogens is 420 g/mol. The minimum Gasteiger partial charge on any atom is -0.497 e. The highest BCUT2D eigenvalue weighted by molar-refractivity contribution is 7.99. The van der Waals surface area contributed by atoms with Gasteiger partial charge in [0.25, 0.3) is 0 Å². The Bertz CT molecular complexity index is 1000. The van der Waals surface area contributed by atoms with Gasteiger partial charge in [0.2, 0.25) is 0 Å². The van der Waals surface area contributed by atoms with Gasteiger partial charge in [0.15, 0.2) is 5.13 Å². The van der Waals surface area contributed by atoms with Gasteiger partial charge in [-0.05, 0) is 48.6 Å². The first-order valence-corrected chi connectivity index (χ1v) is 11.6. The van der Waals surface area contributed by atoms with E-state index in [1.807, 2.05) is 42.5 Å². The highest BCUT2D eigenvalue weighted by Crippen LogP contribution is 2.36. The number of rotatable bonds is 9. The van der Waals surface area contributed by atoms with Crippen LogP contribution in [0.3, 0.4) is 0 Å². The third kappa shape index (κ3) is 4.82. The van der Waals surface area contributed by atoms with Gasteiger partial charge in [0.05, 0.1) is 32.0 Å². The van der Waals surface area contributed by atoms with E-state index in [4.69, 9.17) is 14.2 Å². The lowest BCUT2D eigenvalue weighted by molar-refractivity contribution is -0.150. The van der Waals surface area contributed by atoms with Crippen molar-refractivity contribution in [3.8, 4) is 11.5 Å². The summed E-state index contributed by atoms with van der Waals surface area (Å²) in [5.74, 6) is 2.39. The van der Waals surface area contributed by atoms with Crippen molar-refractivity contribution in [2.45, 2.75) is 23.8 Å². The molecule has 0 atom stereocenters. The minimum atomic E-state index is -0.124. The molecule has 0 aliphatic carbocycles. The Morgan fingerprint density at radius 2 is 1.97 bits per heavy atom. The third-order valence-corrected chi connectivity index (χ3v) is 7.04. The Morgan fingerprint density at radius 1 is 1.17 bits per heavy atom. The number of thiazole rings is 1. The summed E-state index contributed by atoms with van der Waals surface area (Å²) in [5.41, 5.74) is 0.884. The summed E-state index contributed by atoms with van der Waals surface area (Å²) in [7, 11) is 3.31. The van der Waals surface area contributed by atoms with Crippen molar-refractivity contribution < 1.29 is 19.0 Å². The number of hydrogen-bond acceptors (Lipinski definition) is 8. The van der Waals surface area contributed by atoms with Gasteiger partial charge in [0.1, 0.15) is 23.1 Å². The zero-order chi connectivity index (χ0) is 20.9. The number of aromatic nitrogens is 1. The molecule has 1 saturated heterocycles. The van der Waals surface area contributed by atoms with Crippen molar-refractivity contribution in [2.75, 3.05) is 38.0 Å². The van der Waals surface area contributed by atoms with Crippen LogP contribution in [0.4, 0.5) is 5.13 Å². The molecule has 0 N–H and O–H groups in total. The molecule has 0 radical (unpaired) electrons. The van der Waals surface area contributed by atoms with Crippen LogP contribution in [-0.2, 0) is 9.53 Å². The Hall–Kier alpha value is -2.45. The molecule has 0 saturated carbocycles. The van der Waals surface area contributed by atoms with Crippen molar-refractivity contribution in [2.24, 2.45) is 0 Å². The molecule has 0 unspecified atom stereocenters. The fraction of sp³-hybridized carbons (Fsp3) is 0.364. The largest absolute Gasteiger partial charge is 0.497 e. The van der Waals surface area contributed by atoms with E-state index in [0.29, 0.717) is 19.5 Å². The molecule has 1 aromatic heterocycles. The summed E-state index contributed by atoms with van der Waals surface area (Å²) < 4.78 is 17.2. The van der Waals surface area contributed by atoms with Crippen LogP contribution in [0.2, 0.25) is 0 Å². The number of methoxy groups -OCH3 is 2. The second-order valence-electron chi connectivity index (χ2n) is 6.95. The van der Waals surface area contributed by atoms with Crippen molar-refractivity contribution >= 4 is 44.4 Å². The normalized spacial score (nSPS) is 13.9. The van der Waals surface area contributed by atoms with Crippen LogP contribution in [-0.4, -0.2) is 50.1 Å². The van der Waals surface area contributed by atoms with Gasteiger partial charge >= 0.3 is 5.97 Å². The van der Waals surface area contributed by atoms with Crippen LogP contribution in [0.5, 0.6) is 11.5 Å². The van der Waals surface area contributed by atoms with Crippen LogP contribution in [0.15, 0.2) is 47.4 Å². The van der Waals surface area contributed by atoms with E-state index in [9.17, 15) is 4.79 Å². The Morgan fingerprint density at radius 3 is 2.70 bits per heavy atom. The number of fused-ring (bicyclic) bond motifs is 1. The van der Waals surface area contributed by atoms with Gasteiger partial charge in [-0.2, -0.15) is 0 Å². The first kappa shape index (κ1) is 20.8. The molecule has 30 heavy (non-hydrogen) atoms. The number of para-hydroxylation sites is 1. The van der Waals surface area contributed by atoms with Gasteiger partial charge in [-0.1, -0.05) is 17.4 Å². The second kappa shape index (κ2) is 9.57. The molecule has 0 amide bonds. The van der Waals surface area contributed by atoms with Crippen molar-refractivity contribution in [1.82, 2.24) is 4.98 Å². The average molecular weight is 445 g/mol. The zero-order valence-corrected chi connectivity index (χ0v) is 18.6. The third-order valence-electron chi connectivity index (χ3n) is 4.86. The smallest absolute Gasteiger partial charge is 0.306 e. The fourth-order valence-electron chi connectivity index (χ4n) is 3.20. The van der Waals surface area contributed by atoms with Gasteiger partial charge < -0.3 is 19.1 Å². The minimum absolute atomic E-state index is 0.0550. The van der Waals surface area contributed by atoms with Crippen LogP contribution in [0, 0.1) is 0 Å². The molecule has 8 heteroatoms. The molecule has 3 aromatic rings.